The van der Waals surface area contributed by atoms with E-state index >= 15 is 0 Å². The molecule has 0 bridgehead atoms. The number of Topliss-reactive ketones (excluding diaryl/α,β-unsaturated/α-hetero) is 1. The molecule has 0 aliphatic rings. The van der Waals surface area contributed by atoms with E-state index in [1.165, 1.54) is 11.3 Å². The Labute approximate surface area is 131 Å². The third-order valence-electron chi connectivity index (χ3n) is 3.08. The van der Waals surface area contributed by atoms with Crippen molar-refractivity contribution in [3.63, 3.8) is 0 Å². The predicted molar refractivity (Wildman–Crippen MR) is 82.9 cm³/mol. The number of nitrogens with zero attached hydrogens (tertiary/aromatic N) is 1. The summed E-state index contributed by atoms with van der Waals surface area (Å²) in [6.45, 7) is 3.90. The second-order valence-corrected chi connectivity index (χ2v) is 6.52. The number of hydrogen-bond acceptors (Lipinski definition) is 3. The first-order valence-corrected chi connectivity index (χ1v) is 7.47. The van der Waals surface area contributed by atoms with Gasteiger partial charge < -0.3 is 0 Å². The summed E-state index contributed by atoms with van der Waals surface area (Å²) in [6, 6.07) is 8.70. The average molecular weight is 324 g/mol. The molecule has 2 aromatic rings. The fourth-order valence-electron chi connectivity index (χ4n) is 1.81. The molecule has 102 valence electrons. The fourth-order valence-corrected chi connectivity index (χ4v) is 3.12. The summed E-state index contributed by atoms with van der Waals surface area (Å²) < 4.78 is 0. The molecule has 0 saturated carbocycles. The Hall–Kier alpha value is -1.34. The van der Waals surface area contributed by atoms with Gasteiger partial charge >= 0.3 is 0 Å². The van der Waals surface area contributed by atoms with Crippen molar-refractivity contribution < 1.29 is 4.79 Å². The monoisotopic (exact) mass is 323 g/mol. The largest absolute Gasteiger partial charge is 0.291 e. The number of benzene rings is 1. The van der Waals surface area contributed by atoms with Gasteiger partial charge in [-0.2, -0.15) is 5.26 Å². The lowest BCUT2D eigenvalue weighted by molar-refractivity contribution is 0.0983. The third-order valence-corrected chi connectivity index (χ3v) is 4.98. The van der Waals surface area contributed by atoms with Crippen molar-refractivity contribution in [2.75, 3.05) is 0 Å². The van der Waals surface area contributed by atoms with Crippen LogP contribution in [0.5, 0.6) is 0 Å². The van der Waals surface area contributed by atoms with Crippen molar-refractivity contribution in [1.29, 1.82) is 5.26 Å². The molecule has 0 aliphatic carbocycles. The van der Waals surface area contributed by atoms with E-state index in [-0.39, 0.29) is 5.78 Å². The highest BCUT2D eigenvalue weighted by Gasteiger charge is 2.24. The van der Waals surface area contributed by atoms with Crippen LogP contribution < -0.4 is 0 Å². The maximum atomic E-state index is 12.4. The van der Waals surface area contributed by atoms with E-state index in [1.807, 2.05) is 26.0 Å². The van der Waals surface area contributed by atoms with Crippen LogP contribution in [0.1, 0.15) is 31.6 Å². The van der Waals surface area contributed by atoms with Gasteiger partial charge in [0, 0.05) is 4.88 Å². The Morgan fingerprint density at radius 2 is 1.95 bits per heavy atom. The molecule has 5 heteroatoms. The van der Waals surface area contributed by atoms with Crippen LogP contribution in [0.4, 0.5) is 0 Å². The standard InChI is InChI=1S/C15H11Cl2NOS/c1-8-5-14(20-9(8)2)15(19)11(7-18)10-3-4-12(16)13(17)6-10/h3-6,11H,1-2H3. The summed E-state index contributed by atoms with van der Waals surface area (Å²) in [6.07, 6.45) is 0. The molecule has 0 fully saturated rings. The minimum atomic E-state index is -0.859. The van der Waals surface area contributed by atoms with Crippen LogP contribution >= 0.6 is 34.5 Å². The Bertz CT molecular complexity index is 696. The Morgan fingerprint density at radius 3 is 2.45 bits per heavy atom. The molecule has 1 aromatic carbocycles. The van der Waals surface area contributed by atoms with E-state index in [1.54, 1.807) is 18.2 Å². The normalized spacial score (nSPS) is 11.9. The maximum absolute atomic E-state index is 12.4. The lowest BCUT2D eigenvalue weighted by atomic mass is 9.95. The van der Waals surface area contributed by atoms with Crippen molar-refractivity contribution in [3.05, 3.63) is 55.2 Å². The van der Waals surface area contributed by atoms with Crippen LogP contribution in [0.2, 0.25) is 10.0 Å². The molecule has 0 saturated heterocycles. The van der Waals surface area contributed by atoms with Gasteiger partial charge in [0.15, 0.2) is 5.78 Å². The molecule has 0 amide bonds. The van der Waals surface area contributed by atoms with Crippen LogP contribution in [0.15, 0.2) is 24.3 Å². The molecule has 1 heterocycles. The number of hydrogen-bond donors (Lipinski definition) is 0. The summed E-state index contributed by atoms with van der Waals surface area (Å²) in [5.41, 5.74) is 1.62. The number of halogens is 2. The first-order chi connectivity index (χ1) is 9.43. The second-order valence-electron chi connectivity index (χ2n) is 4.45. The minimum absolute atomic E-state index is 0.202. The molecule has 1 atom stereocenters. The van der Waals surface area contributed by atoms with Gasteiger partial charge in [0.1, 0.15) is 5.92 Å². The number of nitriles is 1. The van der Waals surface area contributed by atoms with Gasteiger partial charge in [0.2, 0.25) is 0 Å². The van der Waals surface area contributed by atoms with Crippen molar-refractivity contribution >= 4 is 40.3 Å². The van der Waals surface area contributed by atoms with E-state index in [4.69, 9.17) is 23.2 Å². The van der Waals surface area contributed by atoms with Crippen molar-refractivity contribution in [3.8, 4) is 6.07 Å². The van der Waals surface area contributed by atoms with E-state index in [0.717, 1.165) is 10.4 Å². The van der Waals surface area contributed by atoms with E-state index < -0.39 is 5.92 Å². The van der Waals surface area contributed by atoms with E-state index in [0.29, 0.717) is 20.5 Å². The topological polar surface area (TPSA) is 40.9 Å². The van der Waals surface area contributed by atoms with Crippen LogP contribution in [0.25, 0.3) is 0 Å². The van der Waals surface area contributed by atoms with Crippen molar-refractivity contribution in [2.45, 2.75) is 19.8 Å². The number of carbonyl (C=O) groups excluding carboxylic acids is 1. The molecule has 1 aromatic heterocycles. The zero-order valence-electron chi connectivity index (χ0n) is 10.9. The fraction of sp³-hybridized carbons (Fsp3) is 0.200. The van der Waals surface area contributed by atoms with E-state index in [2.05, 4.69) is 0 Å². The van der Waals surface area contributed by atoms with Gasteiger partial charge in [0.25, 0.3) is 0 Å². The molecular formula is C15H11Cl2NOS. The van der Waals surface area contributed by atoms with Crippen LogP contribution in [0, 0.1) is 25.2 Å². The molecule has 0 aliphatic heterocycles. The minimum Gasteiger partial charge on any atom is -0.291 e. The number of aryl methyl sites for hydroxylation is 2. The quantitative estimate of drug-likeness (QED) is 0.732. The highest BCUT2D eigenvalue weighted by molar-refractivity contribution is 7.14. The summed E-state index contributed by atoms with van der Waals surface area (Å²) in [5, 5.41) is 10.1. The molecule has 1 unspecified atom stereocenters. The highest BCUT2D eigenvalue weighted by atomic mass is 35.5. The van der Waals surface area contributed by atoms with Gasteiger partial charge in [-0.15, -0.1) is 11.3 Å². The smallest absolute Gasteiger partial charge is 0.194 e. The first-order valence-electron chi connectivity index (χ1n) is 5.90. The zero-order valence-corrected chi connectivity index (χ0v) is 13.2. The molecule has 2 rings (SSSR count). The molecule has 0 N–H and O–H groups in total. The van der Waals surface area contributed by atoms with Crippen molar-refractivity contribution in [1.82, 2.24) is 0 Å². The number of carbonyl (C=O) groups is 1. The van der Waals surface area contributed by atoms with Gasteiger partial charge in [-0.25, -0.2) is 0 Å². The number of thiophene rings is 1. The Morgan fingerprint density at radius 1 is 1.25 bits per heavy atom. The predicted octanol–water partition coefficient (Wildman–Crippen LogP) is 5.16. The molecule has 2 nitrogen and oxygen atoms in total. The summed E-state index contributed by atoms with van der Waals surface area (Å²) in [5.74, 6) is -1.06. The summed E-state index contributed by atoms with van der Waals surface area (Å²) in [4.78, 5) is 14.1. The molecule has 0 radical (unpaired) electrons. The lowest BCUT2D eigenvalue weighted by Crippen LogP contribution is -2.09. The van der Waals surface area contributed by atoms with Gasteiger partial charge in [-0.1, -0.05) is 29.3 Å². The lowest BCUT2D eigenvalue weighted by Gasteiger charge is -2.08. The van der Waals surface area contributed by atoms with Gasteiger partial charge in [0.05, 0.1) is 21.0 Å². The number of rotatable bonds is 3. The van der Waals surface area contributed by atoms with Crippen LogP contribution in [-0.4, -0.2) is 5.78 Å². The van der Waals surface area contributed by atoms with Crippen molar-refractivity contribution in [2.24, 2.45) is 0 Å². The third kappa shape index (κ3) is 2.88. The maximum Gasteiger partial charge on any atom is 0.194 e. The second kappa shape index (κ2) is 5.97. The van der Waals surface area contributed by atoms with Gasteiger partial charge in [-0.05, 0) is 43.2 Å². The first kappa shape index (κ1) is 15.1. The zero-order chi connectivity index (χ0) is 14.9. The summed E-state index contributed by atoms with van der Waals surface area (Å²) >= 11 is 13.2. The van der Waals surface area contributed by atoms with Crippen LogP contribution in [-0.2, 0) is 0 Å². The Kier molecular flexibility index (Phi) is 4.49. The SMILES string of the molecule is Cc1cc(C(=O)C(C#N)c2ccc(Cl)c(Cl)c2)sc1C. The molecule has 0 spiro atoms. The van der Waals surface area contributed by atoms with Gasteiger partial charge in [-0.3, -0.25) is 4.79 Å². The van der Waals surface area contributed by atoms with Crippen LogP contribution in [0.3, 0.4) is 0 Å². The summed E-state index contributed by atoms with van der Waals surface area (Å²) in [7, 11) is 0. The average Bonchev–Trinajstić information content (AvgIpc) is 2.74. The number of ketones is 1. The highest BCUT2D eigenvalue weighted by Crippen LogP contribution is 2.30. The molecular weight excluding hydrogens is 313 g/mol. The Balaban J connectivity index is 2.39. The van der Waals surface area contributed by atoms with E-state index in [9.17, 15) is 10.1 Å². The molecule has 20 heavy (non-hydrogen) atoms.